The fraction of sp³-hybridized carbons (Fsp3) is 0. The van der Waals surface area contributed by atoms with Crippen LogP contribution >= 0.6 is 12.2 Å². The van der Waals surface area contributed by atoms with Gasteiger partial charge in [-0.2, -0.15) is 5.10 Å². The van der Waals surface area contributed by atoms with E-state index in [0.717, 1.165) is 6.21 Å². The van der Waals surface area contributed by atoms with E-state index < -0.39 is 11.5 Å². The summed E-state index contributed by atoms with van der Waals surface area (Å²) >= 11 is 5.56. The summed E-state index contributed by atoms with van der Waals surface area (Å²) in [6.07, 6.45) is 1.12. The molecule has 1 aromatic heterocycles. The van der Waals surface area contributed by atoms with Crippen LogP contribution in [0.25, 0.3) is 11.4 Å². The Balaban J connectivity index is 1.84. The van der Waals surface area contributed by atoms with Crippen molar-refractivity contribution in [3.63, 3.8) is 0 Å². The van der Waals surface area contributed by atoms with E-state index in [9.17, 15) is 14.7 Å². The van der Waals surface area contributed by atoms with Crippen LogP contribution in [0.5, 0.6) is 5.88 Å². The number of carbonyl (C=O) groups excluding carboxylic acids is 1. The maximum Gasteiger partial charge on any atom is 0.271 e. The molecule has 0 bridgehead atoms. The third-order valence-electron chi connectivity index (χ3n) is 4.69. The van der Waals surface area contributed by atoms with E-state index >= 15 is 0 Å². The molecule has 0 saturated heterocycles. The van der Waals surface area contributed by atoms with E-state index in [2.05, 4.69) is 10.5 Å². The molecule has 0 aliphatic carbocycles. The lowest BCUT2D eigenvalue weighted by Crippen LogP contribution is -2.27. The number of carbonyl (C=O) groups is 1. The number of rotatable bonds is 5. The van der Waals surface area contributed by atoms with Crippen LogP contribution < -0.4 is 11.0 Å². The maximum atomic E-state index is 13.3. The van der Waals surface area contributed by atoms with Gasteiger partial charge in [0.15, 0.2) is 4.77 Å². The molecule has 1 heterocycles. The topological polar surface area (TPSA) is 88.6 Å². The highest BCUT2D eigenvalue weighted by atomic mass is 32.1. The van der Waals surface area contributed by atoms with Crippen molar-refractivity contribution >= 4 is 24.3 Å². The Kier molecular flexibility index (Phi) is 6.05. The molecule has 8 heteroatoms. The summed E-state index contributed by atoms with van der Waals surface area (Å²) in [6, 6.07) is 26.3. The number of para-hydroxylation sites is 2. The Bertz CT molecular complexity index is 1400. The second-order valence-corrected chi connectivity index (χ2v) is 7.10. The van der Waals surface area contributed by atoms with Gasteiger partial charge in [-0.3, -0.25) is 18.7 Å². The summed E-state index contributed by atoms with van der Waals surface area (Å²) in [6.45, 7) is 0. The zero-order valence-corrected chi connectivity index (χ0v) is 17.6. The van der Waals surface area contributed by atoms with Crippen molar-refractivity contribution in [3.05, 3.63) is 117 Å². The van der Waals surface area contributed by atoms with Crippen molar-refractivity contribution in [1.29, 1.82) is 0 Å². The smallest absolute Gasteiger partial charge is 0.271 e. The van der Waals surface area contributed by atoms with Crippen molar-refractivity contribution in [1.82, 2.24) is 14.6 Å². The van der Waals surface area contributed by atoms with Crippen LogP contribution in [0.15, 0.2) is 101 Å². The molecular formula is C24H18N4O3S. The minimum Gasteiger partial charge on any atom is -0.494 e. The molecule has 3 aromatic carbocycles. The van der Waals surface area contributed by atoms with Gasteiger partial charge in [0.05, 0.1) is 17.6 Å². The third kappa shape index (κ3) is 4.12. The molecule has 7 nitrogen and oxygen atoms in total. The van der Waals surface area contributed by atoms with E-state index in [-0.39, 0.29) is 16.2 Å². The van der Waals surface area contributed by atoms with E-state index in [1.807, 2.05) is 12.1 Å². The number of nitrogens with zero attached hydrogens (tertiary/aromatic N) is 3. The van der Waals surface area contributed by atoms with Crippen molar-refractivity contribution in [3.8, 4) is 17.3 Å². The minimum atomic E-state index is -0.566. The average molecular weight is 443 g/mol. The Morgan fingerprint density at radius 1 is 0.844 bits per heavy atom. The zero-order valence-electron chi connectivity index (χ0n) is 16.8. The van der Waals surface area contributed by atoms with E-state index in [4.69, 9.17) is 12.2 Å². The van der Waals surface area contributed by atoms with Crippen LogP contribution in [0, 0.1) is 4.77 Å². The predicted molar refractivity (Wildman–Crippen MR) is 125 cm³/mol. The van der Waals surface area contributed by atoms with Gasteiger partial charge in [0, 0.05) is 5.56 Å². The fourth-order valence-corrected chi connectivity index (χ4v) is 3.53. The molecule has 0 aliphatic rings. The number of nitrogens with one attached hydrogen (secondary N) is 1. The quantitative estimate of drug-likeness (QED) is 0.279. The molecule has 2 N–H and O–H groups in total. The molecule has 0 saturated carbocycles. The number of amides is 1. The monoisotopic (exact) mass is 442 g/mol. The van der Waals surface area contributed by atoms with Crippen molar-refractivity contribution in [2.75, 3.05) is 0 Å². The first kappa shape index (κ1) is 21.0. The van der Waals surface area contributed by atoms with Gasteiger partial charge in [-0.15, -0.1) is 0 Å². The van der Waals surface area contributed by atoms with Crippen molar-refractivity contribution < 1.29 is 9.90 Å². The van der Waals surface area contributed by atoms with Crippen molar-refractivity contribution in [2.24, 2.45) is 5.10 Å². The zero-order chi connectivity index (χ0) is 22.5. The lowest BCUT2D eigenvalue weighted by atomic mass is 10.2. The molecule has 0 atom stereocenters. The summed E-state index contributed by atoms with van der Waals surface area (Å²) in [4.78, 5) is 25.5. The number of aromatic nitrogens is 2. The number of hydrazone groups is 1. The van der Waals surface area contributed by atoms with Gasteiger partial charge in [0.25, 0.3) is 11.5 Å². The summed E-state index contributed by atoms with van der Waals surface area (Å²) < 4.78 is 2.78. The Hall–Kier alpha value is -4.30. The number of aromatic hydroxyl groups is 1. The second-order valence-electron chi connectivity index (χ2n) is 6.73. The van der Waals surface area contributed by atoms with E-state index in [1.54, 1.807) is 78.9 Å². The number of hydrogen-bond donors (Lipinski definition) is 2. The first-order chi connectivity index (χ1) is 15.6. The van der Waals surface area contributed by atoms with Crippen molar-refractivity contribution in [2.45, 2.75) is 0 Å². The van der Waals surface area contributed by atoms with Crippen LogP contribution in [0.1, 0.15) is 15.9 Å². The molecule has 0 fully saturated rings. The molecule has 32 heavy (non-hydrogen) atoms. The predicted octanol–water partition coefficient (Wildman–Crippen LogP) is 3.83. The number of hydrogen-bond acceptors (Lipinski definition) is 5. The highest BCUT2D eigenvalue weighted by molar-refractivity contribution is 7.71. The molecule has 0 aliphatic heterocycles. The molecule has 1 amide bonds. The van der Waals surface area contributed by atoms with Gasteiger partial charge in [0.1, 0.15) is 5.56 Å². The van der Waals surface area contributed by atoms with Gasteiger partial charge < -0.3 is 5.11 Å². The van der Waals surface area contributed by atoms with Crippen LogP contribution in [0.2, 0.25) is 0 Å². The summed E-state index contributed by atoms with van der Waals surface area (Å²) in [5, 5.41) is 14.8. The highest BCUT2D eigenvalue weighted by Gasteiger charge is 2.18. The third-order valence-corrected chi connectivity index (χ3v) is 5.06. The first-order valence-electron chi connectivity index (χ1n) is 9.68. The minimum absolute atomic E-state index is 0.0929. The lowest BCUT2D eigenvalue weighted by Gasteiger charge is -2.16. The Morgan fingerprint density at radius 3 is 1.91 bits per heavy atom. The molecule has 0 radical (unpaired) electrons. The largest absolute Gasteiger partial charge is 0.494 e. The molecule has 4 aromatic rings. The first-order valence-corrected chi connectivity index (χ1v) is 10.1. The highest BCUT2D eigenvalue weighted by Crippen LogP contribution is 2.21. The van der Waals surface area contributed by atoms with Gasteiger partial charge in [-0.05, 0) is 48.6 Å². The summed E-state index contributed by atoms with van der Waals surface area (Å²) in [5.74, 6) is -0.823. The van der Waals surface area contributed by atoms with Gasteiger partial charge in [-0.1, -0.05) is 54.6 Å². The standard InChI is InChI=1S/C24H18N4O3S/c29-21(17-10-4-1-5-11-17)26-25-16-20-22(30)27(18-12-6-2-7-13-18)24(32)28(23(20)31)19-14-8-3-9-15-19/h1-16,30H,(H,26,29). The number of benzene rings is 3. The Labute approximate surface area is 188 Å². The molecule has 158 valence electrons. The van der Waals surface area contributed by atoms with Gasteiger partial charge in [-0.25, -0.2) is 5.43 Å². The Morgan fingerprint density at radius 2 is 1.34 bits per heavy atom. The van der Waals surface area contributed by atoms with E-state index in [0.29, 0.717) is 16.9 Å². The van der Waals surface area contributed by atoms with Crippen LogP contribution in [-0.4, -0.2) is 26.4 Å². The fourth-order valence-electron chi connectivity index (χ4n) is 3.15. The molecule has 0 spiro atoms. The van der Waals surface area contributed by atoms with Gasteiger partial charge in [0.2, 0.25) is 5.88 Å². The van der Waals surface area contributed by atoms with E-state index in [1.165, 1.54) is 9.13 Å². The molecule has 4 rings (SSSR count). The average Bonchev–Trinajstić information content (AvgIpc) is 2.83. The SMILES string of the molecule is O=C(NN=Cc1c(O)n(-c2ccccc2)c(=S)n(-c2ccccc2)c1=O)c1ccccc1. The van der Waals surface area contributed by atoms with Crippen LogP contribution in [0.4, 0.5) is 0 Å². The molecule has 0 unspecified atom stereocenters. The molecular weight excluding hydrogens is 424 g/mol. The van der Waals surface area contributed by atoms with Crippen LogP contribution in [0.3, 0.4) is 0 Å². The maximum absolute atomic E-state index is 13.3. The summed E-state index contributed by atoms with van der Waals surface area (Å²) in [5.41, 5.74) is 3.20. The van der Waals surface area contributed by atoms with Gasteiger partial charge >= 0.3 is 0 Å². The normalized spacial score (nSPS) is 10.9. The lowest BCUT2D eigenvalue weighted by molar-refractivity contribution is 0.0955. The second kappa shape index (κ2) is 9.23. The van der Waals surface area contributed by atoms with Crippen LogP contribution in [-0.2, 0) is 0 Å². The summed E-state index contributed by atoms with van der Waals surface area (Å²) in [7, 11) is 0.